The Morgan fingerprint density at radius 2 is 1.35 bits per heavy atom. The van der Waals surface area contributed by atoms with E-state index < -0.39 is 22.9 Å². The van der Waals surface area contributed by atoms with Gasteiger partial charge in [-0.2, -0.15) is 0 Å². The van der Waals surface area contributed by atoms with Crippen LogP contribution in [0.15, 0.2) is 103 Å². The van der Waals surface area contributed by atoms with Crippen molar-refractivity contribution in [1.29, 1.82) is 0 Å². The van der Waals surface area contributed by atoms with Crippen molar-refractivity contribution >= 4 is 41.8 Å². The largest absolute Gasteiger partial charge is 1.00 e. The summed E-state index contributed by atoms with van der Waals surface area (Å²) >= 11 is -1.13. The first-order valence-corrected chi connectivity index (χ1v) is 20.7. The molecule has 0 amide bonds. The Bertz CT molecular complexity index is 1710. The molecule has 2 aliphatic carbocycles. The zero-order chi connectivity index (χ0) is 23.5. The van der Waals surface area contributed by atoms with Crippen LogP contribution in [0.2, 0.25) is 0 Å². The Labute approximate surface area is 229 Å². The van der Waals surface area contributed by atoms with Gasteiger partial charge in [-0.15, -0.1) is 0 Å². The van der Waals surface area contributed by atoms with E-state index in [4.69, 9.17) is 0 Å². The van der Waals surface area contributed by atoms with Crippen molar-refractivity contribution in [2.75, 3.05) is 0 Å². The third kappa shape index (κ3) is 4.21. The summed E-state index contributed by atoms with van der Waals surface area (Å²) in [5.41, 5.74) is 7.39. The molecule has 4 unspecified atom stereocenters. The fraction of sp³-hybridized carbons (Fsp3) is 0.125. The summed E-state index contributed by atoms with van der Waals surface area (Å²) in [6, 6.07) is 36.9. The van der Waals surface area contributed by atoms with Gasteiger partial charge in [-0.05, 0) is 0 Å². The molecular formula is C32H26F2HfP2. The maximum absolute atomic E-state index is 2.64. The molecule has 0 radical (unpaired) electrons. The number of hydrogen-bond acceptors (Lipinski definition) is 0. The first-order valence-electron chi connectivity index (χ1n) is 12.2. The van der Waals surface area contributed by atoms with Crippen LogP contribution in [0.4, 0.5) is 0 Å². The standard InChI is InChI=1S/C17H15P2.C15H11.2FH.Hf/c1-18-13-10-12-6-5-8-14(16(12)11-13)15-7-3-4-9-17(15)19(18)2;1-2-6-12(7-3-1)14-10-4-8-13-9-5-11-15(13)14;;;/h3-11H,1-2H3;1-11H;2*1H;/q;;;;+2/p-2. The van der Waals surface area contributed by atoms with E-state index in [2.05, 4.69) is 123 Å². The Kier molecular flexibility index (Phi) is 7.43. The predicted molar refractivity (Wildman–Crippen MR) is 152 cm³/mol. The van der Waals surface area contributed by atoms with Crippen molar-refractivity contribution in [1.82, 2.24) is 0 Å². The first kappa shape index (κ1) is 26.3. The van der Waals surface area contributed by atoms with Crippen LogP contribution >= 0.6 is 14.4 Å². The van der Waals surface area contributed by atoms with Crippen LogP contribution in [0.3, 0.4) is 0 Å². The van der Waals surface area contributed by atoms with E-state index in [0.29, 0.717) is 7.35 Å². The fourth-order valence-electron chi connectivity index (χ4n) is 5.93. The van der Waals surface area contributed by atoms with Gasteiger partial charge in [-0.25, -0.2) is 0 Å². The van der Waals surface area contributed by atoms with Crippen LogP contribution in [0.25, 0.3) is 38.5 Å². The molecule has 4 atom stereocenters. The third-order valence-corrected chi connectivity index (χ3v) is 22.3. The number of halogens is 2. The number of fused-ring (bicyclic) bond motifs is 4. The second-order valence-corrected chi connectivity index (χ2v) is 21.8. The molecule has 0 saturated heterocycles. The smallest absolute Gasteiger partial charge is 1.00 e. The Morgan fingerprint density at radius 1 is 0.649 bits per heavy atom. The molecule has 7 rings (SSSR count). The Hall–Kier alpha value is -2.31. The van der Waals surface area contributed by atoms with Gasteiger partial charge in [0.25, 0.3) is 0 Å². The minimum Gasteiger partial charge on any atom is -1.00 e. The molecule has 1 heterocycles. The number of rotatable bonds is 3. The van der Waals surface area contributed by atoms with Crippen LogP contribution in [-0.2, 0) is 36.2 Å². The molecule has 37 heavy (non-hydrogen) atoms. The van der Waals surface area contributed by atoms with Crippen LogP contribution in [0, 0.1) is 0 Å². The zero-order valence-corrected chi connectivity index (χ0v) is 26.1. The van der Waals surface area contributed by atoms with Crippen LogP contribution in [-0.4, -0.2) is 0 Å². The number of allylic oxidation sites excluding steroid dienone is 1. The molecule has 0 N–H and O–H groups in total. The summed E-state index contributed by atoms with van der Waals surface area (Å²) in [5, 5.41) is 7.89. The molecular weight excluding hydrogens is 663 g/mol. The SMILES string of the molecule is Cp1c2cc3c(cccc3c3ccccc3p1C)[CH]2[Hf+2][CH]1C=Cc2c(-c3ccccc3)cccc21.[F-].[F-]. The van der Waals surface area contributed by atoms with Crippen molar-refractivity contribution in [3.63, 3.8) is 0 Å². The maximum Gasteiger partial charge on any atom is -1.00 e. The minimum atomic E-state index is -1.13. The quantitative estimate of drug-likeness (QED) is 0.251. The zero-order valence-electron chi connectivity index (χ0n) is 20.7. The summed E-state index contributed by atoms with van der Waals surface area (Å²) in [6.07, 6.45) is 4.99. The number of hydrogen-bond donors (Lipinski definition) is 0. The number of benzene rings is 4. The molecule has 2 bridgehead atoms. The van der Waals surface area contributed by atoms with Gasteiger partial charge in [0.15, 0.2) is 0 Å². The Morgan fingerprint density at radius 3 is 2.19 bits per heavy atom. The van der Waals surface area contributed by atoms with E-state index in [-0.39, 0.29) is 23.8 Å². The van der Waals surface area contributed by atoms with Crippen molar-refractivity contribution < 1.29 is 32.3 Å². The normalized spacial score (nSPS) is 17.2. The molecule has 0 saturated carbocycles. The molecule has 0 spiro atoms. The molecule has 5 heteroatoms. The van der Waals surface area contributed by atoms with Gasteiger partial charge in [0.2, 0.25) is 0 Å². The second kappa shape index (κ2) is 10.5. The van der Waals surface area contributed by atoms with E-state index in [1.54, 1.807) is 21.5 Å². The summed E-state index contributed by atoms with van der Waals surface area (Å²) in [4.78, 5) is 0. The van der Waals surface area contributed by atoms with Crippen molar-refractivity contribution in [2.45, 2.75) is 7.35 Å². The molecule has 1 aromatic heterocycles. The van der Waals surface area contributed by atoms with Gasteiger partial charge in [0.1, 0.15) is 0 Å². The molecule has 2 aliphatic rings. The van der Waals surface area contributed by atoms with Crippen molar-refractivity contribution in [2.24, 2.45) is 13.3 Å². The average molecular weight is 689 g/mol. The molecule has 5 aromatic rings. The fourth-order valence-corrected chi connectivity index (χ4v) is 21.2. The average Bonchev–Trinajstić information content (AvgIpc) is 3.50. The maximum atomic E-state index is 2.64. The van der Waals surface area contributed by atoms with Crippen LogP contribution in [0.5, 0.6) is 0 Å². The first-order chi connectivity index (χ1) is 17.2. The van der Waals surface area contributed by atoms with E-state index in [9.17, 15) is 0 Å². The van der Waals surface area contributed by atoms with Gasteiger partial charge in [0.05, 0.1) is 0 Å². The van der Waals surface area contributed by atoms with Gasteiger partial charge >= 0.3 is 222 Å². The minimum absolute atomic E-state index is 0. The van der Waals surface area contributed by atoms with E-state index in [1.165, 1.54) is 32.8 Å². The topological polar surface area (TPSA) is 0 Å². The Balaban J connectivity index is 0.00000140. The van der Waals surface area contributed by atoms with Gasteiger partial charge in [0, 0.05) is 0 Å². The molecule has 182 valence electrons. The van der Waals surface area contributed by atoms with E-state index in [1.807, 2.05) is 0 Å². The second-order valence-electron chi connectivity index (χ2n) is 9.55. The molecule has 0 nitrogen and oxygen atoms in total. The van der Waals surface area contributed by atoms with Gasteiger partial charge in [-0.1, -0.05) is 0 Å². The van der Waals surface area contributed by atoms with Crippen molar-refractivity contribution in [3.8, 4) is 11.1 Å². The van der Waals surface area contributed by atoms with Crippen LogP contribution < -0.4 is 9.41 Å². The summed E-state index contributed by atoms with van der Waals surface area (Å²) < 4.78 is 1.37. The van der Waals surface area contributed by atoms with Crippen molar-refractivity contribution in [3.05, 3.63) is 125 Å². The molecule has 0 fully saturated rings. The van der Waals surface area contributed by atoms with Crippen LogP contribution in [0.1, 0.15) is 29.3 Å². The van der Waals surface area contributed by atoms with E-state index >= 15 is 0 Å². The number of aryl methyl sites for hydroxylation is 1. The van der Waals surface area contributed by atoms with Gasteiger partial charge < -0.3 is 9.41 Å². The van der Waals surface area contributed by atoms with Gasteiger partial charge in [-0.3, -0.25) is 0 Å². The van der Waals surface area contributed by atoms with E-state index in [0.717, 1.165) is 0 Å². The summed E-state index contributed by atoms with van der Waals surface area (Å²) in [6.45, 7) is 5.11. The monoisotopic (exact) mass is 690 g/mol. The third-order valence-electron chi connectivity index (χ3n) is 7.77. The molecule has 0 aliphatic heterocycles. The summed E-state index contributed by atoms with van der Waals surface area (Å²) in [5.74, 6) is 0. The predicted octanol–water partition coefficient (Wildman–Crippen LogP) is 4.09. The molecule has 4 aromatic carbocycles. The summed E-state index contributed by atoms with van der Waals surface area (Å²) in [7, 11) is -0.323.